The van der Waals surface area contributed by atoms with E-state index in [1.54, 1.807) is 17.1 Å². The van der Waals surface area contributed by atoms with E-state index in [2.05, 4.69) is 14.8 Å². The van der Waals surface area contributed by atoms with Crippen LogP contribution >= 0.6 is 0 Å². The van der Waals surface area contributed by atoms with Gasteiger partial charge in [-0.25, -0.2) is 4.98 Å². The van der Waals surface area contributed by atoms with Gasteiger partial charge in [0.1, 0.15) is 0 Å². The van der Waals surface area contributed by atoms with E-state index in [1.807, 2.05) is 0 Å². The number of piperidine rings is 1. The maximum atomic E-state index is 11.7. The van der Waals surface area contributed by atoms with Crippen molar-refractivity contribution < 1.29 is 4.74 Å². The Labute approximate surface area is 131 Å². The molecule has 2 aliphatic heterocycles. The van der Waals surface area contributed by atoms with Crippen molar-refractivity contribution in [2.45, 2.75) is 19.4 Å². The second-order valence-corrected chi connectivity index (χ2v) is 6.31. The van der Waals surface area contributed by atoms with E-state index in [0.717, 1.165) is 59.0 Å². The normalized spacial score (nSPS) is 22.0. The van der Waals surface area contributed by atoms with Gasteiger partial charge >= 0.3 is 0 Å². The largest absolute Gasteiger partial charge is 0.379 e. The molecule has 1 aromatic rings. The summed E-state index contributed by atoms with van der Waals surface area (Å²) in [6, 6.07) is 1.54. The van der Waals surface area contributed by atoms with Gasteiger partial charge in [0.05, 0.1) is 19.5 Å². The first-order valence-electron chi connectivity index (χ1n) is 8.34. The van der Waals surface area contributed by atoms with Crippen molar-refractivity contribution in [2.75, 3.05) is 52.5 Å². The van der Waals surface area contributed by atoms with Crippen molar-refractivity contribution in [3.05, 3.63) is 28.9 Å². The first kappa shape index (κ1) is 15.6. The summed E-state index contributed by atoms with van der Waals surface area (Å²) in [4.78, 5) is 20.8. The zero-order valence-corrected chi connectivity index (χ0v) is 13.2. The Morgan fingerprint density at radius 3 is 2.45 bits per heavy atom. The van der Waals surface area contributed by atoms with Crippen molar-refractivity contribution in [2.24, 2.45) is 5.92 Å². The molecule has 22 heavy (non-hydrogen) atoms. The molecule has 0 bridgehead atoms. The highest BCUT2D eigenvalue weighted by atomic mass is 16.5. The molecule has 0 saturated carbocycles. The fraction of sp³-hybridized carbons (Fsp3) is 0.750. The van der Waals surface area contributed by atoms with Crippen LogP contribution in [0.3, 0.4) is 0 Å². The van der Waals surface area contributed by atoms with Crippen LogP contribution in [0.25, 0.3) is 0 Å². The minimum atomic E-state index is 0.0600. The van der Waals surface area contributed by atoms with Crippen LogP contribution in [-0.2, 0) is 11.3 Å². The number of rotatable bonds is 5. The number of aromatic nitrogens is 2. The quantitative estimate of drug-likeness (QED) is 0.782. The lowest BCUT2D eigenvalue weighted by Crippen LogP contribution is -2.44. The second-order valence-electron chi connectivity index (χ2n) is 6.31. The fourth-order valence-electron chi connectivity index (χ4n) is 3.29. The Bertz CT molecular complexity index is 505. The van der Waals surface area contributed by atoms with Crippen LogP contribution < -0.4 is 5.56 Å². The first-order valence-corrected chi connectivity index (χ1v) is 8.34. The van der Waals surface area contributed by atoms with Gasteiger partial charge in [0.25, 0.3) is 5.56 Å². The Morgan fingerprint density at radius 1 is 1.09 bits per heavy atom. The third kappa shape index (κ3) is 4.38. The van der Waals surface area contributed by atoms with Gasteiger partial charge in [0, 0.05) is 45.0 Å². The molecule has 3 rings (SSSR count). The summed E-state index contributed by atoms with van der Waals surface area (Å²) in [6.07, 6.45) is 5.56. The van der Waals surface area contributed by atoms with Gasteiger partial charge in [-0.1, -0.05) is 0 Å². The molecule has 0 atom stereocenters. The zero-order chi connectivity index (χ0) is 15.2. The summed E-state index contributed by atoms with van der Waals surface area (Å²) in [6.45, 7) is 9.29. The zero-order valence-electron chi connectivity index (χ0n) is 13.2. The number of hydrogen-bond donors (Lipinski definition) is 0. The molecule has 0 N–H and O–H groups in total. The van der Waals surface area contributed by atoms with E-state index in [1.165, 1.54) is 18.9 Å². The van der Waals surface area contributed by atoms with Crippen molar-refractivity contribution >= 4 is 0 Å². The minimum Gasteiger partial charge on any atom is -0.379 e. The van der Waals surface area contributed by atoms with Gasteiger partial charge in [0.2, 0.25) is 0 Å². The Kier molecular flexibility index (Phi) is 5.58. The van der Waals surface area contributed by atoms with Crippen LogP contribution in [-0.4, -0.2) is 71.8 Å². The number of likely N-dealkylation sites (tertiary alicyclic amines) is 1. The average molecular weight is 306 g/mol. The predicted octanol–water partition coefficient (Wildman–Crippen LogP) is 0.288. The molecule has 3 heterocycles. The van der Waals surface area contributed by atoms with Crippen molar-refractivity contribution in [3.63, 3.8) is 0 Å². The van der Waals surface area contributed by atoms with Gasteiger partial charge in [-0.2, -0.15) is 0 Å². The maximum Gasteiger partial charge on any atom is 0.253 e. The Morgan fingerprint density at radius 2 is 1.77 bits per heavy atom. The molecule has 2 saturated heterocycles. The number of nitrogens with zero attached hydrogens (tertiary/aromatic N) is 4. The molecular weight excluding hydrogens is 280 g/mol. The summed E-state index contributed by atoms with van der Waals surface area (Å²) < 4.78 is 7.13. The molecule has 2 fully saturated rings. The summed E-state index contributed by atoms with van der Waals surface area (Å²) in [5.41, 5.74) is 0.0600. The van der Waals surface area contributed by atoms with Gasteiger partial charge in [-0.3, -0.25) is 14.3 Å². The smallest absolute Gasteiger partial charge is 0.253 e. The monoisotopic (exact) mass is 306 g/mol. The van der Waals surface area contributed by atoms with Crippen molar-refractivity contribution in [1.29, 1.82) is 0 Å². The molecule has 0 unspecified atom stereocenters. The summed E-state index contributed by atoms with van der Waals surface area (Å²) >= 11 is 0. The summed E-state index contributed by atoms with van der Waals surface area (Å²) in [7, 11) is 0. The molecule has 1 aromatic heterocycles. The van der Waals surface area contributed by atoms with E-state index >= 15 is 0 Å². The molecule has 122 valence electrons. The fourth-order valence-corrected chi connectivity index (χ4v) is 3.29. The predicted molar refractivity (Wildman–Crippen MR) is 84.9 cm³/mol. The van der Waals surface area contributed by atoms with Gasteiger partial charge in [-0.05, 0) is 31.8 Å². The van der Waals surface area contributed by atoms with E-state index in [9.17, 15) is 4.79 Å². The first-order chi connectivity index (χ1) is 10.8. The topological polar surface area (TPSA) is 50.6 Å². The van der Waals surface area contributed by atoms with Crippen LogP contribution in [0.15, 0.2) is 23.4 Å². The van der Waals surface area contributed by atoms with Gasteiger partial charge in [0.15, 0.2) is 0 Å². The molecule has 0 amide bonds. The highest BCUT2D eigenvalue weighted by Gasteiger charge is 2.20. The van der Waals surface area contributed by atoms with Crippen molar-refractivity contribution in [3.8, 4) is 0 Å². The third-order valence-corrected chi connectivity index (χ3v) is 4.79. The molecule has 0 spiro atoms. The van der Waals surface area contributed by atoms with E-state index in [4.69, 9.17) is 4.74 Å². The maximum absolute atomic E-state index is 11.7. The minimum absolute atomic E-state index is 0.0600. The number of ether oxygens (including phenoxy) is 1. The highest BCUT2D eigenvalue weighted by molar-refractivity contribution is 4.83. The lowest BCUT2D eigenvalue weighted by molar-refractivity contribution is 0.0312. The molecule has 2 aliphatic rings. The lowest BCUT2D eigenvalue weighted by Gasteiger charge is -2.34. The van der Waals surface area contributed by atoms with E-state index in [0.29, 0.717) is 5.92 Å². The molecule has 0 aliphatic carbocycles. The van der Waals surface area contributed by atoms with Crippen molar-refractivity contribution in [1.82, 2.24) is 19.4 Å². The van der Waals surface area contributed by atoms with Gasteiger partial charge < -0.3 is 9.64 Å². The molecule has 0 radical (unpaired) electrons. The number of hydrogen-bond acceptors (Lipinski definition) is 5. The third-order valence-electron chi connectivity index (χ3n) is 4.79. The average Bonchev–Trinajstić information content (AvgIpc) is 2.57. The van der Waals surface area contributed by atoms with Crippen LogP contribution in [0.1, 0.15) is 12.8 Å². The SMILES string of the molecule is O=c1ccncn1CC1CCN(CCN2CCOCC2)CC1. The second kappa shape index (κ2) is 7.85. The van der Waals surface area contributed by atoms with Crippen LogP contribution in [0.5, 0.6) is 0 Å². The molecular formula is C16H26N4O2. The Hall–Kier alpha value is -1.24. The highest BCUT2D eigenvalue weighted by Crippen LogP contribution is 2.18. The van der Waals surface area contributed by atoms with Crippen LogP contribution in [0, 0.1) is 5.92 Å². The molecule has 6 nitrogen and oxygen atoms in total. The van der Waals surface area contributed by atoms with E-state index in [-0.39, 0.29) is 5.56 Å². The molecule has 0 aromatic carbocycles. The standard InChI is InChI=1S/C16H26N4O2/c21-16-1-4-17-14-20(16)13-15-2-5-18(6-3-15)7-8-19-9-11-22-12-10-19/h1,4,14-15H,2-3,5-13H2. The Balaban J connectivity index is 1.39. The summed E-state index contributed by atoms with van der Waals surface area (Å²) in [5.74, 6) is 0.599. The van der Waals surface area contributed by atoms with Crippen LogP contribution in [0.4, 0.5) is 0 Å². The number of morpholine rings is 1. The van der Waals surface area contributed by atoms with Gasteiger partial charge in [-0.15, -0.1) is 0 Å². The van der Waals surface area contributed by atoms with E-state index < -0.39 is 0 Å². The summed E-state index contributed by atoms with van der Waals surface area (Å²) in [5, 5.41) is 0. The molecule has 6 heteroatoms. The lowest BCUT2D eigenvalue weighted by atomic mass is 9.96. The van der Waals surface area contributed by atoms with Crippen LogP contribution in [0.2, 0.25) is 0 Å².